The molecule has 0 radical (unpaired) electrons. The van der Waals surface area contributed by atoms with Crippen molar-refractivity contribution in [3.05, 3.63) is 59.4 Å². The molecular weight excluding hydrogens is 300 g/mol. The van der Waals surface area contributed by atoms with Crippen LogP contribution in [-0.2, 0) is 0 Å². The Labute approximate surface area is 132 Å². The summed E-state index contributed by atoms with van der Waals surface area (Å²) in [6, 6.07) is 11.3. The Morgan fingerprint density at radius 3 is 2.77 bits per heavy atom. The molecule has 0 amide bonds. The van der Waals surface area contributed by atoms with Crippen LogP contribution in [0.5, 0.6) is 0 Å². The van der Waals surface area contributed by atoms with Crippen LogP contribution in [-0.4, -0.2) is 32.4 Å². The number of hydrogen-bond acceptors (Lipinski definition) is 4. The van der Waals surface area contributed by atoms with E-state index in [-0.39, 0.29) is 6.04 Å². The molecule has 3 aromatic rings. The van der Waals surface area contributed by atoms with Gasteiger partial charge in [-0.15, -0.1) is 0 Å². The summed E-state index contributed by atoms with van der Waals surface area (Å²) in [7, 11) is 0. The Bertz CT molecular complexity index is 801. The fraction of sp³-hybridized carbons (Fsp3) is 0.250. The van der Waals surface area contributed by atoms with Gasteiger partial charge in [0.05, 0.1) is 18.3 Å². The van der Waals surface area contributed by atoms with Gasteiger partial charge in [0.15, 0.2) is 5.65 Å². The average Bonchev–Trinajstić information content (AvgIpc) is 3.14. The SMILES string of the molecule is O[C@@H]1CCN(c2ccn3nccc3n2)[C@@H]1c1ccc(Cl)cc1. The quantitative estimate of drug-likeness (QED) is 0.790. The summed E-state index contributed by atoms with van der Waals surface area (Å²) < 4.78 is 1.73. The minimum atomic E-state index is -0.413. The molecular formula is C16H15ClN4O. The standard InChI is InChI=1S/C16H15ClN4O/c17-12-3-1-11(2-4-12)16-13(22)6-9-20(16)14-7-10-21-15(19-14)5-8-18-21/h1-5,7-8,10,13,16,22H,6,9H2/t13-,16-/m1/s1. The molecule has 5 nitrogen and oxygen atoms in total. The summed E-state index contributed by atoms with van der Waals surface area (Å²) in [5.74, 6) is 0.851. The topological polar surface area (TPSA) is 53.7 Å². The molecule has 22 heavy (non-hydrogen) atoms. The minimum absolute atomic E-state index is 0.102. The fourth-order valence-corrected chi connectivity index (χ4v) is 3.18. The Morgan fingerprint density at radius 1 is 1.14 bits per heavy atom. The van der Waals surface area contributed by atoms with Gasteiger partial charge in [-0.3, -0.25) is 0 Å². The molecule has 1 aromatic carbocycles. The molecule has 1 saturated heterocycles. The number of aliphatic hydroxyl groups is 1. The van der Waals surface area contributed by atoms with E-state index in [4.69, 9.17) is 11.6 Å². The van der Waals surface area contributed by atoms with Crippen LogP contribution in [0.2, 0.25) is 5.02 Å². The van der Waals surface area contributed by atoms with Gasteiger partial charge in [0.2, 0.25) is 0 Å². The predicted octanol–water partition coefficient (Wildman–Crippen LogP) is 2.70. The molecule has 0 unspecified atom stereocenters. The summed E-state index contributed by atoms with van der Waals surface area (Å²) in [5.41, 5.74) is 1.85. The lowest BCUT2D eigenvalue weighted by Gasteiger charge is -2.27. The number of aliphatic hydroxyl groups excluding tert-OH is 1. The van der Waals surface area contributed by atoms with Crippen molar-refractivity contribution in [2.24, 2.45) is 0 Å². The van der Waals surface area contributed by atoms with Crippen LogP contribution in [0, 0.1) is 0 Å². The molecule has 1 aliphatic rings. The van der Waals surface area contributed by atoms with Gasteiger partial charge in [-0.1, -0.05) is 23.7 Å². The lowest BCUT2D eigenvalue weighted by Crippen LogP contribution is -2.28. The molecule has 112 valence electrons. The molecule has 0 bridgehead atoms. The van der Waals surface area contributed by atoms with Crippen molar-refractivity contribution in [1.29, 1.82) is 0 Å². The molecule has 0 aliphatic carbocycles. The summed E-state index contributed by atoms with van der Waals surface area (Å²) in [6.07, 6.45) is 3.92. The van der Waals surface area contributed by atoms with Crippen LogP contribution in [0.3, 0.4) is 0 Å². The van der Waals surface area contributed by atoms with Gasteiger partial charge >= 0.3 is 0 Å². The van der Waals surface area contributed by atoms with Crippen molar-refractivity contribution in [2.75, 3.05) is 11.4 Å². The zero-order valence-corrected chi connectivity index (χ0v) is 12.6. The van der Waals surface area contributed by atoms with Crippen LogP contribution in [0.1, 0.15) is 18.0 Å². The number of nitrogens with zero attached hydrogens (tertiary/aromatic N) is 4. The zero-order chi connectivity index (χ0) is 15.1. The van der Waals surface area contributed by atoms with Gasteiger partial charge < -0.3 is 10.0 Å². The monoisotopic (exact) mass is 314 g/mol. The minimum Gasteiger partial charge on any atom is -0.391 e. The summed E-state index contributed by atoms with van der Waals surface area (Å²) in [4.78, 5) is 6.77. The van der Waals surface area contributed by atoms with Crippen molar-refractivity contribution in [2.45, 2.75) is 18.6 Å². The number of rotatable bonds is 2. The van der Waals surface area contributed by atoms with Gasteiger partial charge in [0, 0.05) is 23.8 Å². The van der Waals surface area contributed by atoms with Gasteiger partial charge in [-0.05, 0) is 30.2 Å². The molecule has 2 aromatic heterocycles. The fourth-order valence-electron chi connectivity index (χ4n) is 3.06. The molecule has 2 atom stereocenters. The van der Waals surface area contributed by atoms with E-state index in [0.29, 0.717) is 5.02 Å². The van der Waals surface area contributed by atoms with Crippen molar-refractivity contribution < 1.29 is 5.11 Å². The van der Waals surface area contributed by atoms with Crippen LogP contribution < -0.4 is 4.90 Å². The maximum Gasteiger partial charge on any atom is 0.157 e. The summed E-state index contributed by atoms with van der Waals surface area (Å²) >= 11 is 5.96. The largest absolute Gasteiger partial charge is 0.391 e. The Kier molecular flexibility index (Phi) is 3.24. The van der Waals surface area contributed by atoms with Gasteiger partial charge in [-0.2, -0.15) is 5.10 Å². The third-order valence-corrected chi connectivity index (χ3v) is 4.37. The number of hydrogen-bond donors (Lipinski definition) is 1. The smallest absolute Gasteiger partial charge is 0.157 e. The van der Waals surface area contributed by atoms with Crippen LogP contribution in [0.4, 0.5) is 5.82 Å². The average molecular weight is 315 g/mol. The van der Waals surface area contributed by atoms with Crippen LogP contribution >= 0.6 is 11.6 Å². The third kappa shape index (κ3) is 2.23. The van der Waals surface area contributed by atoms with E-state index in [9.17, 15) is 5.11 Å². The van der Waals surface area contributed by atoms with Gasteiger partial charge in [-0.25, -0.2) is 9.50 Å². The zero-order valence-electron chi connectivity index (χ0n) is 11.8. The first kappa shape index (κ1) is 13.5. The maximum absolute atomic E-state index is 10.4. The van der Waals surface area contributed by atoms with Crippen molar-refractivity contribution >= 4 is 23.1 Å². The molecule has 1 N–H and O–H groups in total. The number of benzene rings is 1. The molecule has 1 aliphatic heterocycles. The van der Waals surface area contributed by atoms with E-state index < -0.39 is 6.10 Å². The molecule has 6 heteroatoms. The lowest BCUT2D eigenvalue weighted by molar-refractivity contribution is 0.165. The molecule has 3 heterocycles. The number of fused-ring (bicyclic) bond motifs is 1. The summed E-state index contributed by atoms with van der Waals surface area (Å²) in [5, 5.41) is 15.3. The van der Waals surface area contributed by atoms with Crippen molar-refractivity contribution in [1.82, 2.24) is 14.6 Å². The summed E-state index contributed by atoms with van der Waals surface area (Å²) in [6.45, 7) is 0.770. The molecule has 0 spiro atoms. The third-order valence-electron chi connectivity index (χ3n) is 4.12. The lowest BCUT2D eigenvalue weighted by atomic mass is 10.0. The van der Waals surface area contributed by atoms with Crippen molar-refractivity contribution in [3.63, 3.8) is 0 Å². The molecule has 1 fully saturated rings. The van der Waals surface area contributed by atoms with Gasteiger partial charge in [0.25, 0.3) is 0 Å². The highest BCUT2D eigenvalue weighted by molar-refractivity contribution is 6.30. The predicted molar refractivity (Wildman–Crippen MR) is 85.1 cm³/mol. The second-order valence-electron chi connectivity index (χ2n) is 5.47. The Morgan fingerprint density at radius 2 is 1.95 bits per heavy atom. The van der Waals surface area contributed by atoms with Crippen LogP contribution in [0.25, 0.3) is 5.65 Å². The highest BCUT2D eigenvalue weighted by Gasteiger charge is 2.34. The van der Waals surface area contributed by atoms with E-state index in [1.54, 1.807) is 10.7 Å². The van der Waals surface area contributed by atoms with Crippen molar-refractivity contribution in [3.8, 4) is 0 Å². The Balaban J connectivity index is 1.74. The highest BCUT2D eigenvalue weighted by atomic mass is 35.5. The van der Waals surface area contributed by atoms with Crippen LogP contribution in [0.15, 0.2) is 48.8 Å². The van der Waals surface area contributed by atoms with E-state index in [0.717, 1.165) is 30.0 Å². The first-order valence-corrected chi connectivity index (χ1v) is 7.61. The molecule has 4 rings (SSSR count). The maximum atomic E-state index is 10.4. The van der Waals surface area contributed by atoms with E-state index in [1.165, 1.54) is 0 Å². The second-order valence-corrected chi connectivity index (χ2v) is 5.90. The van der Waals surface area contributed by atoms with Gasteiger partial charge in [0.1, 0.15) is 5.82 Å². The van der Waals surface area contributed by atoms with E-state index in [2.05, 4.69) is 15.0 Å². The highest BCUT2D eigenvalue weighted by Crippen LogP contribution is 2.36. The number of halogens is 1. The molecule has 0 saturated carbocycles. The van der Waals surface area contributed by atoms with E-state index >= 15 is 0 Å². The first-order chi connectivity index (χ1) is 10.7. The number of aromatic nitrogens is 3. The first-order valence-electron chi connectivity index (χ1n) is 7.23. The van der Waals surface area contributed by atoms with E-state index in [1.807, 2.05) is 42.6 Å². The Hall–Kier alpha value is -2.11. The second kappa shape index (κ2) is 5.26. The normalized spacial score (nSPS) is 21.6. The number of anilines is 1.